The molecule has 6 heteroatoms. The molecule has 0 aliphatic carbocycles. The Morgan fingerprint density at radius 3 is 2.11 bits per heavy atom. The van der Waals surface area contributed by atoms with E-state index in [0.29, 0.717) is 10.9 Å². The standard InChI is InChI=1S/C21H18BrN3O2/c1-13-4-6-14(7-5-13)19-18-17(23(2)21(27)24(3)20(18)26)12-25(19)16-10-8-15(22)9-11-16/h4-12H,1-3H3. The Bertz CT molecular complexity index is 1280. The molecule has 0 radical (unpaired) electrons. The number of rotatable bonds is 2. The molecule has 5 nitrogen and oxygen atoms in total. The molecule has 0 bridgehead atoms. The van der Waals surface area contributed by atoms with Crippen molar-refractivity contribution in [2.24, 2.45) is 14.1 Å². The highest BCUT2D eigenvalue weighted by Gasteiger charge is 2.20. The van der Waals surface area contributed by atoms with E-state index >= 15 is 0 Å². The van der Waals surface area contributed by atoms with Gasteiger partial charge in [-0.15, -0.1) is 0 Å². The fourth-order valence-electron chi connectivity index (χ4n) is 3.34. The van der Waals surface area contributed by atoms with Gasteiger partial charge < -0.3 is 4.57 Å². The van der Waals surface area contributed by atoms with Gasteiger partial charge in [0.1, 0.15) is 0 Å². The second kappa shape index (κ2) is 6.39. The van der Waals surface area contributed by atoms with E-state index in [1.807, 2.05) is 66.2 Å². The SMILES string of the molecule is Cc1ccc(-c2c3c(=O)n(C)c(=O)n(C)c3cn2-c2ccc(Br)cc2)cc1. The smallest absolute Gasteiger partial charge is 0.314 e. The maximum atomic E-state index is 13.0. The number of aromatic nitrogens is 3. The van der Waals surface area contributed by atoms with Crippen LogP contribution in [0.3, 0.4) is 0 Å². The Morgan fingerprint density at radius 2 is 1.48 bits per heavy atom. The van der Waals surface area contributed by atoms with Crippen molar-refractivity contribution in [3.05, 3.63) is 85.6 Å². The normalized spacial score (nSPS) is 11.3. The Kier molecular flexibility index (Phi) is 4.15. The van der Waals surface area contributed by atoms with Crippen LogP contribution in [-0.2, 0) is 14.1 Å². The summed E-state index contributed by atoms with van der Waals surface area (Å²) in [6.45, 7) is 2.03. The summed E-state index contributed by atoms with van der Waals surface area (Å²) in [5.74, 6) is 0. The highest BCUT2D eigenvalue weighted by Crippen LogP contribution is 2.31. The fraction of sp³-hybridized carbons (Fsp3) is 0.143. The molecule has 0 aliphatic rings. The van der Waals surface area contributed by atoms with Crippen LogP contribution in [0.1, 0.15) is 5.56 Å². The second-order valence-corrected chi connectivity index (χ2v) is 7.57. The van der Waals surface area contributed by atoms with Crippen LogP contribution in [0.4, 0.5) is 0 Å². The second-order valence-electron chi connectivity index (χ2n) is 6.66. The molecule has 2 aromatic heterocycles. The summed E-state index contributed by atoms with van der Waals surface area (Å²) in [6, 6.07) is 15.9. The largest absolute Gasteiger partial charge is 0.330 e. The van der Waals surface area contributed by atoms with E-state index in [4.69, 9.17) is 0 Å². The summed E-state index contributed by atoms with van der Waals surface area (Å²) in [6.07, 6.45) is 1.86. The maximum absolute atomic E-state index is 13.0. The van der Waals surface area contributed by atoms with Crippen molar-refractivity contribution in [3.63, 3.8) is 0 Å². The van der Waals surface area contributed by atoms with Gasteiger partial charge in [-0.3, -0.25) is 13.9 Å². The molecule has 2 heterocycles. The van der Waals surface area contributed by atoms with Crippen LogP contribution in [-0.4, -0.2) is 13.7 Å². The lowest BCUT2D eigenvalue weighted by atomic mass is 10.1. The zero-order valence-electron chi connectivity index (χ0n) is 15.2. The van der Waals surface area contributed by atoms with Crippen LogP contribution in [0.15, 0.2) is 68.8 Å². The number of fused-ring (bicyclic) bond motifs is 1. The van der Waals surface area contributed by atoms with Crippen LogP contribution in [0, 0.1) is 6.92 Å². The first kappa shape index (κ1) is 17.5. The van der Waals surface area contributed by atoms with Crippen molar-refractivity contribution in [2.45, 2.75) is 6.92 Å². The molecule has 0 aliphatic heterocycles. The van der Waals surface area contributed by atoms with Gasteiger partial charge >= 0.3 is 5.69 Å². The summed E-state index contributed by atoms with van der Waals surface area (Å²) in [5.41, 5.74) is 3.75. The van der Waals surface area contributed by atoms with Crippen LogP contribution >= 0.6 is 15.9 Å². The number of benzene rings is 2. The summed E-state index contributed by atoms with van der Waals surface area (Å²) in [7, 11) is 3.20. The van der Waals surface area contributed by atoms with Gasteiger partial charge in [0, 0.05) is 30.5 Å². The lowest BCUT2D eigenvalue weighted by Crippen LogP contribution is -2.36. The third-order valence-corrected chi connectivity index (χ3v) is 5.40. The van der Waals surface area contributed by atoms with E-state index in [1.165, 1.54) is 11.6 Å². The Hall–Kier alpha value is -2.86. The molecule has 0 atom stereocenters. The highest BCUT2D eigenvalue weighted by molar-refractivity contribution is 9.10. The van der Waals surface area contributed by atoms with Gasteiger partial charge in [-0.2, -0.15) is 0 Å². The molecular formula is C21H18BrN3O2. The van der Waals surface area contributed by atoms with Gasteiger partial charge in [0.15, 0.2) is 0 Å². The van der Waals surface area contributed by atoms with Crippen molar-refractivity contribution < 1.29 is 0 Å². The molecule has 0 saturated heterocycles. The van der Waals surface area contributed by atoms with Gasteiger partial charge in [0.25, 0.3) is 5.56 Å². The Labute approximate surface area is 164 Å². The van der Waals surface area contributed by atoms with Crippen LogP contribution in [0.5, 0.6) is 0 Å². The van der Waals surface area contributed by atoms with Crippen molar-refractivity contribution in [2.75, 3.05) is 0 Å². The molecular weight excluding hydrogens is 406 g/mol. The topological polar surface area (TPSA) is 48.9 Å². The Balaban J connectivity index is 2.18. The summed E-state index contributed by atoms with van der Waals surface area (Å²) in [5, 5.41) is 0.534. The zero-order chi connectivity index (χ0) is 19.3. The molecule has 27 heavy (non-hydrogen) atoms. The van der Waals surface area contributed by atoms with E-state index in [9.17, 15) is 9.59 Å². The molecule has 136 valence electrons. The minimum atomic E-state index is -0.337. The van der Waals surface area contributed by atoms with Gasteiger partial charge in [0.05, 0.1) is 16.6 Å². The number of halogens is 1. The predicted molar refractivity (Wildman–Crippen MR) is 112 cm³/mol. The molecule has 0 N–H and O–H groups in total. The van der Waals surface area contributed by atoms with Gasteiger partial charge in [-0.05, 0) is 36.8 Å². The molecule has 0 unspecified atom stereocenters. The van der Waals surface area contributed by atoms with Gasteiger partial charge in [-0.25, -0.2) is 4.79 Å². The zero-order valence-corrected chi connectivity index (χ0v) is 16.8. The number of nitrogens with zero attached hydrogens (tertiary/aromatic N) is 3. The third-order valence-electron chi connectivity index (χ3n) is 4.87. The van der Waals surface area contributed by atoms with E-state index in [2.05, 4.69) is 15.9 Å². The fourth-order valence-corrected chi connectivity index (χ4v) is 3.61. The lowest BCUT2D eigenvalue weighted by molar-refractivity contribution is 0.714. The quantitative estimate of drug-likeness (QED) is 0.492. The minimum absolute atomic E-state index is 0.292. The minimum Gasteiger partial charge on any atom is -0.314 e. The first-order valence-electron chi connectivity index (χ1n) is 8.52. The number of hydrogen-bond donors (Lipinski definition) is 0. The van der Waals surface area contributed by atoms with Gasteiger partial charge in [-0.1, -0.05) is 45.8 Å². The van der Waals surface area contributed by atoms with Crippen LogP contribution in [0.2, 0.25) is 0 Å². The average molecular weight is 424 g/mol. The van der Waals surface area contributed by atoms with Crippen molar-refractivity contribution in [1.29, 1.82) is 0 Å². The van der Waals surface area contributed by atoms with Crippen LogP contribution < -0.4 is 11.2 Å². The predicted octanol–water partition coefficient (Wildman–Crippen LogP) is 3.77. The average Bonchev–Trinajstić information content (AvgIpc) is 3.06. The van der Waals surface area contributed by atoms with E-state index in [0.717, 1.165) is 31.5 Å². The molecule has 0 saturated carbocycles. The first-order chi connectivity index (χ1) is 12.9. The molecule has 0 spiro atoms. The van der Waals surface area contributed by atoms with E-state index < -0.39 is 0 Å². The van der Waals surface area contributed by atoms with Crippen molar-refractivity contribution in [1.82, 2.24) is 13.7 Å². The molecule has 4 aromatic rings. The summed E-state index contributed by atoms with van der Waals surface area (Å²) >= 11 is 3.46. The molecule has 0 amide bonds. The van der Waals surface area contributed by atoms with Gasteiger partial charge in [0.2, 0.25) is 0 Å². The van der Waals surface area contributed by atoms with E-state index in [-0.39, 0.29) is 11.2 Å². The monoisotopic (exact) mass is 423 g/mol. The molecule has 0 fully saturated rings. The number of hydrogen-bond acceptors (Lipinski definition) is 2. The molecule has 4 rings (SSSR count). The third kappa shape index (κ3) is 2.77. The summed E-state index contributed by atoms with van der Waals surface area (Å²) in [4.78, 5) is 25.4. The van der Waals surface area contributed by atoms with Crippen LogP contribution in [0.25, 0.3) is 27.8 Å². The lowest BCUT2D eigenvalue weighted by Gasteiger charge is -2.10. The summed E-state index contributed by atoms with van der Waals surface area (Å²) < 4.78 is 5.63. The van der Waals surface area contributed by atoms with E-state index in [1.54, 1.807) is 7.05 Å². The maximum Gasteiger partial charge on any atom is 0.330 e. The van der Waals surface area contributed by atoms with Crippen molar-refractivity contribution in [3.8, 4) is 16.9 Å². The highest BCUT2D eigenvalue weighted by atomic mass is 79.9. The number of aryl methyl sites for hydroxylation is 2. The Morgan fingerprint density at radius 1 is 0.852 bits per heavy atom. The van der Waals surface area contributed by atoms with Crippen molar-refractivity contribution >= 4 is 26.8 Å². The molecule has 2 aromatic carbocycles. The first-order valence-corrected chi connectivity index (χ1v) is 9.32.